The van der Waals surface area contributed by atoms with E-state index in [1.165, 1.54) is 10.9 Å². The lowest BCUT2D eigenvalue weighted by atomic mass is 10.0. The van der Waals surface area contributed by atoms with Crippen LogP contribution in [0.1, 0.15) is 31.7 Å². The van der Waals surface area contributed by atoms with E-state index >= 15 is 0 Å². The SMILES string of the molecule is CCNC(c1ccc(-c2ccc(Br)cc2F)s1)C(C)C. The molecule has 1 N–H and O–H groups in total. The van der Waals surface area contributed by atoms with Gasteiger partial charge in [-0.15, -0.1) is 11.3 Å². The molecular formula is C16H19BrFNS. The van der Waals surface area contributed by atoms with E-state index in [0.717, 1.165) is 15.9 Å². The Bertz CT molecular complexity index is 580. The third-order valence-electron chi connectivity index (χ3n) is 3.22. The van der Waals surface area contributed by atoms with Crippen LogP contribution in [-0.2, 0) is 0 Å². The van der Waals surface area contributed by atoms with Gasteiger partial charge in [0, 0.05) is 25.8 Å². The lowest BCUT2D eigenvalue weighted by Gasteiger charge is -2.20. The van der Waals surface area contributed by atoms with Crippen molar-refractivity contribution in [3.05, 3.63) is 45.5 Å². The molecule has 0 aliphatic heterocycles. The molecular weight excluding hydrogens is 337 g/mol. The zero-order valence-corrected chi connectivity index (χ0v) is 14.3. The molecule has 0 saturated carbocycles. The summed E-state index contributed by atoms with van der Waals surface area (Å²) in [5.41, 5.74) is 0.670. The van der Waals surface area contributed by atoms with E-state index in [2.05, 4.69) is 48.1 Å². The van der Waals surface area contributed by atoms with Crippen LogP contribution in [0.2, 0.25) is 0 Å². The molecule has 0 fully saturated rings. The van der Waals surface area contributed by atoms with Crippen LogP contribution in [0.3, 0.4) is 0 Å². The highest BCUT2D eigenvalue weighted by Crippen LogP contribution is 2.35. The molecule has 1 atom stereocenters. The average molecular weight is 356 g/mol. The summed E-state index contributed by atoms with van der Waals surface area (Å²) in [6, 6.07) is 9.67. The molecule has 0 spiro atoms. The third-order valence-corrected chi connectivity index (χ3v) is 4.92. The van der Waals surface area contributed by atoms with E-state index in [1.807, 2.05) is 18.2 Å². The van der Waals surface area contributed by atoms with E-state index in [1.54, 1.807) is 11.3 Å². The van der Waals surface area contributed by atoms with E-state index in [4.69, 9.17) is 0 Å². The number of hydrogen-bond donors (Lipinski definition) is 1. The number of hydrogen-bond acceptors (Lipinski definition) is 2. The van der Waals surface area contributed by atoms with Gasteiger partial charge in [0.1, 0.15) is 5.82 Å². The Labute approximate surface area is 132 Å². The first-order chi connectivity index (χ1) is 9.52. The van der Waals surface area contributed by atoms with Crippen LogP contribution in [-0.4, -0.2) is 6.54 Å². The molecule has 4 heteroatoms. The maximum absolute atomic E-state index is 14.0. The highest BCUT2D eigenvalue weighted by molar-refractivity contribution is 9.10. The molecule has 2 rings (SSSR count). The molecule has 20 heavy (non-hydrogen) atoms. The Kier molecular flexibility index (Phi) is 5.35. The summed E-state index contributed by atoms with van der Waals surface area (Å²) in [6.45, 7) is 7.45. The molecule has 1 nitrogen and oxygen atoms in total. The highest BCUT2D eigenvalue weighted by Gasteiger charge is 2.17. The summed E-state index contributed by atoms with van der Waals surface area (Å²) in [6.07, 6.45) is 0. The van der Waals surface area contributed by atoms with Crippen molar-refractivity contribution in [3.63, 3.8) is 0 Å². The quantitative estimate of drug-likeness (QED) is 0.733. The minimum atomic E-state index is -0.183. The van der Waals surface area contributed by atoms with Crippen LogP contribution in [0.5, 0.6) is 0 Å². The van der Waals surface area contributed by atoms with Gasteiger partial charge in [-0.1, -0.05) is 36.7 Å². The average Bonchev–Trinajstić information content (AvgIpc) is 2.84. The van der Waals surface area contributed by atoms with Crippen LogP contribution < -0.4 is 5.32 Å². The Balaban J connectivity index is 2.32. The smallest absolute Gasteiger partial charge is 0.132 e. The van der Waals surface area contributed by atoms with Crippen molar-refractivity contribution < 1.29 is 4.39 Å². The second-order valence-electron chi connectivity index (χ2n) is 5.11. The van der Waals surface area contributed by atoms with Gasteiger partial charge in [-0.3, -0.25) is 0 Å². The maximum atomic E-state index is 14.0. The zero-order valence-electron chi connectivity index (χ0n) is 11.9. The monoisotopic (exact) mass is 355 g/mol. The van der Waals surface area contributed by atoms with E-state index in [0.29, 0.717) is 17.5 Å². The molecule has 0 aliphatic carbocycles. The lowest BCUT2D eigenvalue weighted by molar-refractivity contribution is 0.428. The zero-order chi connectivity index (χ0) is 14.7. The van der Waals surface area contributed by atoms with Gasteiger partial charge < -0.3 is 5.32 Å². The van der Waals surface area contributed by atoms with Crippen molar-refractivity contribution in [2.45, 2.75) is 26.8 Å². The molecule has 0 bridgehead atoms. The first kappa shape index (κ1) is 15.7. The third kappa shape index (κ3) is 3.48. The van der Waals surface area contributed by atoms with Gasteiger partial charge in [0.15, 0.2) is 0 Å². The molecule has 2 aromatic rings. The molecule has 0 radical (unpaired) electrons. The lowest BCUT2D eigenvalue weighted by Crippen LogP contribution is -2.24. The molecule has 0 aliphatic rings. The van der Waals surface area contributed by atoms with Gasteiger partial charge in [0.25, 0.3) is 0 Å². The van der Waals surface area contributed by atoms with Crippen molar-refractivity contribution in [2.75, 3.05) is 6.54 Å². The summed E-state index contributed by atoms with van der Waals surface area (Å²) in [4.78, 5) is 2.24. The summed E-state index contributed by atoms with van der Waals surface area (Å²) < 4.78 is 14.8. The van der Waals surface area contributed by atoms with Crippen LogP contribution in [0, 0.1) is 11.7 Å². The van der Waals surface area contributed by atoms with E-state index < -0.39 is 0 Å². The standard InChI is InChI=1S/C16H19BrFNS/c1-4-19-16(10(2)3)15-8-7-14(20-15)12-6-5-11(17)9-13(12)18/h5-10,16,19H,4H2,1-3H3. The van der Waals surface area contributed by atoms with Gasteiger partial charge in [-0.05, 0) is 42.8 Å². The molecule has 1 aromatic carbocycles. The summed E-state index contributed by atoms with van der Waals surface area (Å²) in [5, 5.41) is 3.50. The number of benzene rings is 1. The van der Waals surface area contributed by atoms with Crippen LogP contribution in [0.15, 0.2) is 34.8 Å². The fourth-order valence-electron chi connectivity index (χ4n) is 2.24. The van der Waals surface area contributed by atoms with Gasteiger partial charge in [-0.2, -0.15) is 0 Å². The number of rotatable bonds is 5. The topological polar surface area (TPSA) is 12.0 Å². The molecule has 1 heterocycles. The first-order valence-electron chi connectivity index (χ1n) is 6.81. The maximum Gasteiger partial charge on any atom is 0.132 e. The van der Waals surface area contributed by atoms with Crippen molar-refractivity contribution in [1.82, 2.24) is 5.32 Å². The molecule has 0 amide bonds. The second kappa shape index (κ2) is 6.83. The minimum Gasteiger partial charge on any atom is -0.309 e. The van der Waals surface area contributed by atoms with Gasteiger partial charge in [0.05, 0.1) is 0 Å². The summed E-state index contributed by atoms with van der Waals surface area (Å²) in [7, 11) is 0. The second-order valence-corrected chi connectivity index (χ2v) is 7.14. The fourth-order valence-corrected chi connectivity index (χ4v) is 3.86. The Morgan fingerprint density at radius 1 is 1.25 bits per heavy atom. The van der Waals surface area contributed by atoms with Crippen molar-refractivity contribution in [3.8, 4) is 10.4 Å². The molecule has 1 aromatic heterocycles. The van der Waals surface area contributed by atoms with E-state index in [9.17, 15) is 4.39 Å². The minimum absolute atomic E-state index is 0.183. The normalized spacial score (nSPS) is 12.9. The van der Waals surface area contributed by atoms with Gasteiger partial charge in [-0.25, -0.2) is 4.39 Å². The fraction of sp³-hybridized carbons (Fsp3) is 0.375. The van der Waals surface area contributed by atoms with E-state index in [-0.39, 0.29) is 5.82 Å². The van der Waals surface area contributed by atoms with Crippen molar-refractivity contribution in [1.29, 1.82) is 0 Å². The summed E-state index contributed by atoms with van der Waals surface area (Å²) in [5.74, 6) is 0.327. The molecule has 1 unspecified atom stereocenters. The first-order valence-corrected chi connectivity index (χ1v) is 8.42. The van der Waals surface area contributed by atoms with Gasteiger partial charge in [0.2, 0.25) is 0 Å². The Hall–Kier alpha value is -0.710. The predicted octanol–water partition coefficient (Wildman–Crippen LogP) is 5.62. The highest BCUT2D eigenvalue weighted by atomic mass is 79.9. The van der Waals surface area contributed by atoms with Crippen LogP contribution in [0.4, 0.5) is 4.39 Å². The van der Waals surface area contributed by atoms with Crippen LogP contribution in [0.25, 0.3) is 10.4 Å². The predicted molar refractivity (Wildman–Crippen MR) is 88.7 cm³/mol. The number of nitrogens with one attached hydrogen (secondary N) is 1. The molecule has 108 valence electrons. The van der Waals surface area contributed by atoms with Gasteiger partial charge >= 0.3 is 0 Å². The largest absolute Gasteiger partial charge is 0.309 e. The van der Waals surface area contributed by atoms with Crippen molar-refractivity contribution >= 4 is 27.3 Å². The van der Waals surface area contributed by atoms with Crippen LogP contribution >= 0.6 is 27.3 Å². The van der Waals surface area contributed by atoms with Crippen molar-refractivity contribution in [2.24, 2.45) is 5.92 Å². The Morgan fingerprint density at radius 3 is 2.60 bits per heavy atom. The summed E-state index contributed by atoms with van der Waals surface area (Å²) >= 11 is 4.95. The number of halogens is 2. The number of thiophene rings is 1. The molecule has 0 saturated heterocycles. The Morgan fingerprint density at radius 2 is 2.00 bits per heavy atom.